The maximum absolute atomic E-state index is 13.7. The number of aromatic nitrogens is 2. The Balaban J connectivity index is 1.90. The van der Waals surface area contributed by atoms with E-state index >= 15 is 0 Å². The molecule has 2 rings (SSSR count). The fraction of sp³-hybridized carbons (Fsp3) is 0.667. The van der Waals surface area contributed by atoms with Gasteiger partial charge in [-0.25, -0.2) is 14.2 Å². The van der Waals surface area contributed by atoms with E-state index in [1.807, 2.05) is 20.8 Å². The molecule has 0 saturated heterocycles. The van der Waals surface area contributed by atoms with Gasteiger partial charge in [0.05, 0.1) is 6.20 Å². The smallest absolute Gasteiger partial charge is 0.407 e. The molecule has 0 aromatic carbocycles. The van der Waals surface area contributed by atoms with Gasteiger partial charge in [0, 0.05) is 12.1 Å². The van der Waals surface area contributed by atoms with Crippen LogP contribution in [0.2, 0.25) is 5.28 Å². The number of nitrogens with one attached hydrogen (secondary N) is 2. The van der Waals surface area contributed by atoms with Gasteiger partial charge in [0.15, 0.2) is 11.6 Å². The number of ether oxygens (including phenoxy) is 1. The maximum Gasteiger partial charge on any atom is 0.407 e. The second-order valence-electron chi connectivity index (χ2n) is 6.69. The van der Waals surface area contributed by atoms with Crippen LogP contribution < -0.4 is 10.6 Å². The van der Waals surface area contributed by atoms with Crippen molar-refractivity contribution in [2.45, 2.75) is 64.1 Å². The first-order chi connectivity index (χ1) is 10.7. The predicted octanol–water partition coefficient (Wildman–Crippen LogP) is 3.52. The van der Waals surface area contributed by atoms with E-state index in [0.717, 1.165) is 25.5 Å². The lowest BCUT2D eigenvalue weighted by atomic mass is 9.91. The zero-order valence-corrected chi connectivity index (χ0v) is 14.3. The number of alkyl carbamates (subject to hydrolysis) is 1. The van der Waals surface area contributed by atoms with Crippen LogP contribution in [0.4, 0.5) is 15.0 Å². The van der Waals surface area contributed by atoms with E-state index < -0.39 is 17.5 Å². The Kier molecular flexibility index (Phi) is 5.62. The first-order valence-electron chi connectivity index (χ1n) is 7.67. The van der Waals surface area contributed by atoms with E-state index in [4.69, 9.17) is 16.3 Å². The minimum absolute atomic E-state index is 0.00385. The summed E-state index contributed by atoms with van der Waals surface area (Å²) in [6, 6.07) is -0.0133. The molecule has 0 radical (unpaired) electrons. The number of carbonyl (C=O) groups excluding carboxylic acids is 1. The van der Waals surface area contributed by atoms with Gasteiger partial charge in [-0.1, -0.05) is 0 Å². The van der Waals surface area contributed by atoms with Crippen molar-refractivity contribution < 1.29 is 13.9 Å². The number of halogens is 2. The highest BCUT2D eigenvalue weighted by atomic mass is 35.5. The number of rotatable bonds is 3. The molecule has 1 heterocycles. The van der Waals surface area contributed by atoms with Gasteiger partial charge in [0.1, 0.15) is 5.60 Å². The molecule has 2 N–H and O–H groups in total. The summed E-state index contributed by atoms with van der Waals surface area (Å²) < 4.78 is 18.9. The van der Waals surface area contributed by atoms with Gasteiger partial charge in [-0.2, -0.15) is 4.98 Å². The summed E-state index contributed by atoms with van der Waals surface area (Å²) in [6.07, 6.45) is 3.92. The Morgan fingerprint density at radius 2 is 2.09 bits per heavy atom. The molecule has 0 unspecified atom stereocenters. The second kappa shape index (κ2) is 7.29. The summed E-state index contributed by atoms with van der Waals surface area (Å²) in [7, 11) is 0. The molecule has 1 amide bonds. The Bertz CT molecular complexity index is 565. The van der Waals surface area contributed by atoms with Gasteiger partial charge in [-0.3, -0.25) is 0 Å². The molecule has 1 saturated carbocycles. The Morgan fingerprint density at radius 3 is 2.78 bits per heavy atom. The zero-order chi connectivity index (χ0) is 17.0. The van der Waals surface area contributed by atoms with E-state index in [9.17, 15) is 9.18 Å². The molecule has 6 nitrogen and oxygen atoms in total. The van der Waals surface area contributed by atoms with Crippen molar-refractivity contribution in [2.24, 2.45) is 0 Å². The highest BCUT2D eigenvalue weighted by molar-refractivity contribution is 6.28. The highest BCUT2D eigenvalue weighted by Gasteiger charge is 2.26. The zero-order valence-electron chi connectivity index (χ0n) is 13.5. The van der Waals surface area contributed by atoms with Crippen molar-refractivity contribution in [3.05, 3.63) is 17.3 Å². The minimum atomic E-state index is -0.545. The van der Waals surface area contributed by atoms with E-state index in [1.54, 1.807) is 0 Å². The monoisotopic (exact) mass is 344 g/mol. The lowest BCUT2D eigenvalue weighted by molar-refractivity contribution is 0.0492. The van der Waals surface area contributed by atoms with Crippen molar-refractivity contribution in [3.8, 4) is 0 Å². The maximum atomic E-state index is 13.7. The summed E-state index contributed by atoms with van der Waals surface area (Å²) in [5, 5.41) is 5.90. The number of anilines is 1. The molecular weight excluding hydrogens is 323 g/mol. The van der Waals surface area contributed by atoms with Crippen LogP contribution in [0.15, 0.2) is 6.20 Å². The van der Waals surface area contributed by atoms with E-state index in [-0.39, 0.29) is 23.2 Å². The van der Waals surface area contributed by atoms with Gasteiger partial charge in [-0.15, -0.1) is 0 Å². The molecular formula is C15H22ClFN4O2. The van der Waals surface area contributed by atoms with Gasteiger partial charge in [-0.05, 0) is 58.1 Å². The van der Waals surface area contributed by atoms with Crippen LogP contribution in [0.3, 0.4) is 0 Å². The van der Waals surface area contributed by atoms with Crippen LogP contribution in [0.5, 0.6) is 0 Å². The van der Waals surface area contributed by atoms with E-state index in [0.29, 0.717) is 6.42 Å². The highest BCUT2D eigenvalue weighted by Crippen LogP contribution is 2.23. The van der Waals surface area contributed by atoms with Gasteiger partial charge >= 0.3 is 6.09 Å². The van der Waals surface area contributed by atoms with Gasteiger partial charge in [0.2, 0.25) is 5.28 Å². The van der Waals surface area contributed by atoms with Crippen molar-refractivity contribution in [2.75, 3.05) is 5.32 Å². The van der Waals surface area contributed by atoms with Gasteiger partial charge in [0.25, 0.3) is 0 Å². The fourth-order valence-corrected chi connectivity index (χ4v) is 2.70. The molecule has 0 spiro atoms. The third-order valence-electron chi connectivity index (χ3n) is 3.45. The Hall–Kier alpha value is -1.63. The second-order valence-corrected chi connectivity index (χ2v) is 7.02. The number of carbonyl (C=O) groups is 1. The standard InChI is InChI=1S/C15H22ClFN4O2/c1-15(2,3)23-14(22)20-10-6-4-5-9(7-10)19-12-11(17)8-18-13(16)21-12/h8-10H,4-7H2,1-3H3,(H,20,22)(H,18,19,21)/t9-,10+/m0/s1. The molecule has 0 aliphatic heterocycles. The number of amides is 1. The third kappa shape index (κ3) is 5.82. The van der Waals surface area contributed by atoms with Crippen molar-refractivity contribution in [1.29, 1.82) is 0 Å². The van der Waals surface area contributed by atoms with Crippen molar-refractivity contribution in [1.82, 2.24) is 15.3 Å². The molecule has 1 aromatic rings. The molecule has 1 fully saturated rings. The topological polar surface area (TPSA) is 76.1 Å². The van der Waals surface area contributed by atoms with Crippen LogP contribution in [0.25, 0.3) is 0 Å². The molecule has 128 valence electrons. The van der Waals surface area contributed by atoms with Crippen LogP contribution in [0, 0.1) is 5.82 Å². The first kappa shape index (κ1) is 17.7. The van der Waals surface area contributed by atoms with Crippen LogP contribution in [-0.4, -0.2) is 33.7 Å². The summed E-state index contributed by atoms with van der Waals surface area (Å²) in [4.78, 5) is 19.3. The fourth-order valence-electron chi connectivity index (χ4n) is 2.57. The lowest BCUT2D eigenvalue weighted by Crippen LogP contribution is -2.44. The van der Waals surface area contributed by atoms with Crippen LogP contribution >= 0.6 is 11.6 Å². The summed E-state index contributed by atoms with van der Waals surface area (Å²) in [6.45, 7) is 5.46. The van der Waals surface area contributed by atoms with E-state index in [2.05, 4.69) is 20.6 Å². The molecule has 1 aromatic heterocycles. The number of hydrogen-bond acceptors (Lipinski definition) is 5. The summed E-state index contributed by atoms with van der Waals surface area (Å²) >= 11 is 5.69. The summed E-state index contributed by atoms with van der Waals surface area (Å²) in [5.74, 6) is -0.454. The number of hydrogen-bond donors (Lipinski definition) is 2. The van der Waals surface area contributed by atoms with Crippen LogP contribution in [-0.2, 0) is 4.74 Å². The molecule has 1 aliphatic rings. The lowest BCUT2D eigenvalue weighted by Gasteiger charge is -2.31. The quantitative estimate of drug-likeness (QED) is 0.820. The average molecular weight is 345 g/mol. The van der Waals surface area contributed by atoms with Crippen LogP contribution in [0.1, 0.15) is 46.5 Å². The minimum Gasteiger partial charge on any atom is -0.444 e. The molecule has 8 heteroatoms. The Labute approximate surface area is 140 Å². The average Bonchev–Trinajstić information content (AvgIpc) is 2.41. The normalized spacial score (nSPS) is 21.6. The molecule has 23 heavy (non-hydrogen) atoms. The van der Waals surface area contributed by atoms with E-state index in [1.165, 1.54) is 0 Å². The largest absolute Gasteiger partial charge is 0.444 e. The predicted molar refractivity (Wildman–Crippen MR) is 86.0 cm³/mol. The molecule has 2 atom stereocenters. The van der Waals surface area contributed by atoms with Gasteiger partial charge < -0.3 is 15.4 Å². The van der Waals surface area contributed by atoms with Crippen molar-refractivity contribution in [3.63, 3.8) is 0 Å². The number of nitrogens with zero attached hydrogens (tertiary/aromatic N) is 2. The Morgan fingerprint density at radius 1 is 1.39 bits per heavy atom. The SMILES string of the molecule is CC(C)(C)OC(=O)N[C@@H]1CCC[C@H](Nc2nc(Cl)ncc2F)C1. The molecule has 0 bridgehead atoms. The van der Waals surface area contributed by atoms with Crippen molar-refractivity contribution >= 4 is 23.5 Å². The third-order valence-corrected chi connectivity index (χ3v) is 3.63. The summed E-state index contributed by atoms with van der Waals surface area (Å²) in [5.41, 5.74) is -0.531. The first-order valence-corrected chi connectivity index (χ1v) is 8.05. The molecule has 1 aliphatic carbocycles.